The Hall–Kier alpha value is -2.76. The lowest BCUT2D eigenvalue weighted by molar-refractivity contribution is 0.0691. The van der Waals surface area contributed by atoms with Gasteiger partial charge in [0.1, 0.15) is 23.7 Å². The van der Waals surface area contributed by atoms with Crippen LogP contribution in [0.15, 0.2) is 36.4 Å². The summed E-state index contributed by atoms with van der Waals surface area (Å²) in [5.41, 5.74) is 0.715. The number of halogens is 1. The van der Waals surface area contributed by atoms with E-state index in [1.807, 2.05) is 0 Å². The summed E-state index contributed by atoms with van der Waals surface area (Å²) in [4.78, 5) is 11.3. The van der Waals surface area contributed by atoms with E-state index in [-0.39, 0.29) is 30.5 Å². The van der Waals surface area contributed by atoms with Gasteiger partial charge in [-0.15, -0.1) is 0 Å². The van der Waals surface area contributed by atoms with Gasteiger partial charge in [-0.25, -0.2) is 9.18 Å². The molecule has 1 heterocycles. The maximum absolute atomic E-state index is 12.8. The normalized spacial score (nSPS) is 12.2. The summed E-state index contributed by atoms with van der Waals surface area (Å²) >= 11 is 0. The van der Waals surface area contributed by atoms with Crippen LogP contribution in [0.4, 0.5) is 4.39 Å². The van der Waals surface area contributed by atoms with Crippen LogP contribution in [0.1, 0.15) is 15.9 Å². The lowest BCUT2D eigenvalue weighted by Crippen LogP contribution is -2.03. The molecule has 6 heteroatoms. The summed E-state index contributed by atoms with van der Waals surface area (Å²) in [6.45, 7) is 0.177. The van der Waals surface area contributed by atoms with E-state index < -0.39 is 5.97 Å². The average molecular weight is 290 g/mol. The third-order valence-electron chi connectivity index (χ3n) is 3.01. The monoisotopic (exact) mass is 290 g/mol. The largest absolute Gasteiger partial charge is 0.488 e. The zero-order valence-electron chi connectivity index (χ0n) is 10.8. The first-order valence-corrected chi connectivity index (χ1v) is 6.17. The molecule has 108 valence electrons. The van der Waals surface area contributed by atoms with Gasteiger partial charge in [-0.05, 0) is 17.7 Å². The minimum absolute atomic E-state index is 0.0126. The highest BCUT2D eigenvalue weighted by Crippen LogP contribution is 2.38. The smallest absolute Gasteiger partial charge is 0.339 e. The molecular formula is C15H11FO5. The molecule has 2 aromatic carbocycles. The molecule has 0 radical (unpaired) electrons. The molecule has 0 amide bonds. The molecule has 2 aromatic rings. The first-order chi connectivity index (χ1) is 10.1. The maximum Gasteiger partial charge on any atom is 0.339 e. The highest BCUT2D eigenvalue weighted by molar-refractivity contribution is 5.92. The highest BCUT2D eigenvalue weighted by Gasteiger charge is 2.21. The van der Waals surface area contributed by atoms with Crippen LogP contribution >= 0.6 is 0 Å². The minimum atomic E-state index is -1.12. The molecule has 0 aliphatic carbocycles. The van der Waals surface area contributed by atoms with E-state index in [1.54, 1.807) is 12.1 Å². The van der Waals surface area contributed by atoms with Crippen LogP contribution in [-0.2, 0) is 6.61 Å². The van der Waals surface area contributed by atoms with Crippen LogP contribution < -0.4 is 14.2 Å². The first-order valence-electron chi connectivity index (χ1n) is 6.17. The van der Waals surface area contributed by atoms with Gasteiger partial charge in [0.25, 0.3) is 0 Å². The Balaban J connectivity index is 1.84. The molecule has 0 unspecified atom stereocenters. The van der Waals surface area contributed by atoms with Crippen molar-refractivity contribution >= 4 is 5.97 Å². The molecular weight excluding hydrogens is 279 g/mol. The molecule has 0 bridgehead atoms. The predicted molar refractivity (Wildman–Crippen MR) is 70.3 cm³/mol. The summed E-state index contributed by atoms with van der Waals surface area (Å²) in [6, 6.07) is 8.62. The van der Waals surface area contributed by atoms with E-state index in [0.29, 0.717) is 11.5 Å². The van der Waals surface area contributed by atoms with Crippen molar-refractivity contribution in [1.82, 2.24) is 0 Å². The third kappa shape index (κ3) is 2.74. The molecule has 0 aromatic heterocycles. The van der Waals surface area contributed by atoms with Gasteiger partial charge in [0.15, 0.2) is 11.5 Å². The van der Waals surface area contributed by atoms with E-state index in [0.717, 1.165) is 5.56 Å². The van der Waals surface area contributed by atoms with Gasteiger partial charge in [0, 0.05) is 12.1 Å². The number of benzene rings is 2. The van der Waals surface area contributed by atoms with E-state index in [1.165, 1.54) is 24.3 Å². The number of hydrogen-bond donors (Lipinski definition) is 1. The number of rotatable bonds is 4. The van der Waals surface area contributed by atoms with Gasteiger partial charge in [-0.3, -0.25) is 0 Å². The van der Waals surface area contributed by atoms with Crippen LogP contribution in [0.25, 0.3) is 0 Å². The van der Waals surface area contributed by atoms with Crippen molar-refractivity contribution in [2.75, 3.05) is 6.79 Å². The molecule has 5 nitrogen and oxygen atoms in total. The second-order valence-electron chi connectivity index (χ2n) is 4.42. The number of carboxylic acid groups (broad SMARTS) is 1. The van der Waals surface area contributed by atoms with Crippen LogP contribution in [-0.4, -0.2) is 17.9 Å². The number of aromatic carboxylic acids is 1. The molecule has 0 saturated heterocycles. The van der Waals surface area contributed by atoms with Gasteiger partial charge in [0.05, 0.1) is 0 Å². The second kappa shape index (κ2) is 5.32. The Kier molecular flexibility index (Phi) is 3.35. The lowest BCUT2D eigenvalue weighted by atomic mass is 10.1. The standard InChI is InChI=1S/C15H11FO5/c16-10-3-1-9(2-4-10)7-19-12-6-14-13(20-8-21-14)5-11(12)15(17)18/h1-6H,7-8H2,(H,17,18). The number of fused-ring (bicyclic) bond motifs is 1. The summed E-state index contributed by atoms with van der Waals surface area (Å²) in [5.74, 6) is -0.470. The second-order valence-corrected chi connectivity index (χ2v) is 4.42. The molecule has 0 atom stereocenters. The SMILES string of the molecule is O=C(O)c1cc2c(cc1OCc1ccc(F)cc1)OCO2. The average Bonchev–Trinajstić information content (AvgIpc) is 2.92. The van der Waals surface area contributed by atoms with Crippen molar-refractivity contribution in [2.24, 2.45) is 0 Å². The Morgan fingerprint density at radius 3 is 2.52 bits per heavy atom. The predicted octanol–water partition coefficient (Wildman–Crippen LogP) is 2.83. The molecule has 1 N–H and O–H groups in total. The highest BCUT2D eigenvalue weighted by atomic mass is 19.1. The summed E-state index contributed by atoms with van der Waals surface area (Å²) in [5, 5.41) is 9.20. The Labute approximate surface area is 119 Å². The van der Waals surface area contributed by atoms with E-state index in [2.05, 4.69) is 0 Å². The Morgan fingerprint density at radius 2 is 1.86 bits per heavy atom. The van der Waals surface area contributed by atoms with Crippen LogP contribution in [0, 0.1) is 5.82 Å². The van der Waals surface area contributed by atoms with Crippen LogP contribution in [0.5, 0.6) is 17.2 Å². The Morgan fingerprint density at radius 1 is 1.19 bits per heavy atom. The fourth-order valence-corrected chi connectivity index (χ4v) is 1.95. The number of carbonyl (C=O) groups is 1. The van der Waals surface area contributed by atoms with E-state index >= 15 is 0 Å². The summed E-state index contributed by atoms with van der Waals surface area (Å²) in [6.07, 6.45) is 0. The van der Waals surface area contributed by atoms with Crippen molar-refractivity contribution in [2.45, 2.75) is 6.61 Å². The molecule has 3 rings (SSSR count). The molecule has 0 saturated carbocycles. The molecule has 21 heavy (non-hydrogen) atoms. The van der Waals surface area contributed by atoms with Crippen molar-refractivity contribution in [3.8, 4) is 17.2 Å². The number of carboxylic acids is 1. The van der Waals surface area contributed by atoms with Gasteiger partial charge in [-0.1, -0.05) is 12.1 Å². The van der Waals surface area contributed by atoms with E-state index in [4.69, 9.17) is 14.2 Å². The molecule has 1 aliphatic heterocycles. The Bertz CT molecular complexity index is 681. The summed E-state index contributed by atoms with van der Waals surface area (Å²) < 4.78 is 28.7. The van der Waals surface area contributed by atoms with Gasteiger partial charge in [-0.2, -0.15) is 0 Å². The van der Waals surface area contributed by atoms with Crippen molar-refractivity contribution in [3.05, 3.63) is 53.3 Å². The fraction of sp³-hybridized carbons (Fsp3) is 0.133. The van der Waals surface area contributed by atoms with Gasteiger partial charge in [0.2, 0.25) is 6.79 Å². The maximum atomic E-state index is 12.8. The zero-order valence-corrected chi connectivity index (χ0v) is 10.8. The van der Waals surface area contributed by atoms with Crippen molar-refractivity contribution in [1.29, 1.82) is 0 Å². The van der Waals surface area contributed by atoms with Gasteiger partial charge < -0.3 is 19.3 Å². The lowest BCUT2D eigenvalue weighted by Gasteiger charge is -2.10. The molecule has 0 fully saturated rings. The number of hydrogen-bond acceptors (Lipinski definition) is 4. The number of ether oxygens (including phenoxy) is 3. The summed E-state index contributed by atoms with van der Waals surface area (Å²) in [7, 11) is 0. The molecule has 1 aliphatic rings. The van der Waals surface area contributed by atoms with Crippen molar-refractivity contribution in [3.63, 3.8) is 0 Å². The quantitative estimate of drug-likeness (QED) is 0.938. The van der Waals surface area contributed by atoms with Gasteiger partial charge >= 0.3 is 5.97 Å². The van der Waals surface area contributed by atoms with E-state index in [9.17, 15) is 14.3 Å². The first kappa shape index (κ1) is 13.2. The topological polar surface area (TPSA) is 65.0 Å². The minimum Gasteiger partial charge on any atom is -0.488 e. The zero-order chi connectivity index (χ0) is 14.8. The van der Waals surface area contributed by atoms with Crippen molar-refractivity contribution < 1.29 is 28.5 Å². The van der Waals surface area contributed by atoms with Crippen LogP contribution in [0.3, 0.4) is 0 Å². The molecule has 0 spiro atoms. The third-order valence-corrected chi connectivity index (χ3v) is 3.01. The van der Waals surface area contributed by atoms with Crippen LogP contribution in [0.2, 0.25) is 0 Å². The fourth-order valence-electron chi connectivity index (χ4n) is 1.95.